The second-order valence-corrected chi connectivity index (χ2v) is 5.61. The Balaban J connectivity index is 1.54. The van der Waals surface area contributed by atoms with Crippen molar-refractivity contribution in [2.75, 3.05) is 6.79 Å². The van der Waals surface area contributed by atoms with Gasteiger partial charge in [-0.05, 0) is 49.4 Å². The van der Waals surface area contributed by atoms with Gasteiger partial charge in [-0.3, -0.25) is 4.79 Å². The van der Waals surface area contributed by atoms with Gasteiger partial charge in [0.05, 0.1) is 6.10 Å². The molecule has 90 valence electrons. The van der Waals surface area contributed by atoms with Crippen LogP contribution < -0.4 is 0 Å². The van der Waals surface area contributed by atoms with E-state index in [4.69, 9.17) is 9.47 Å². The normalized spacial score (nSPS) is 44.7. The average Bonchev–Trinajstić information content (AvgIpc) is 2.87. The largest absolute Gasteiger partial charge is 0.439 e. The quantitative estimate of drug-likeness (QED) is 0.545. The Morgan fingerprint density at radius 2 is 2.00 bits per heavy atom. The van der Waals surface area contributed by atoms with Crippen molar-refractivity contribution < 1.29 is 14.3 Å². The summed E-state index contributed by atoms with van der Waals surface area (Å²) in [5.41, 5.74) is 0. The van der Waals surface area contributed by atoms with Gasteiger partial charge in [-0.1, -0.05) is 6.42 Å². The third-order valence-corrected chi connectivity index (χ3v) is 4.91. The van der Waals surface area contributed by atoms with Gasteiger partial charge in [0.2, 0.25) is 0 Å². The van der Waals surface area contributed by atoms with Crippen LogP contribution in [-0.2, 0) is 14.3 Å². The van der Waals surface area contributed by atoms with E-state index in [2.05, 4.69) is 0 Å². The maximum absolute atomic E-state index is 10.7. The molecule has 16 heavy (non-hydrogen) atoms. The summed E-state index contributed by atoms with van der Waals surface area (Å²) in [7, 11) is 0. The summed E-state index contributed by atoms with van der Waals surface area (Å²) < 4.78 is 10.6. The van der Waals surface area contributed by atoms with Crippen LogP contribution in [0.25, 0.3) is 0 Å². The minimum absolute atomic E-state index is 0.153. The van der Waals surface area contributed by atoms with Crippen LogP contribution in [0.5, 0.6) is 0 Å². The smallest absolute Gasteiger partial charge is 0.304 e. The van der Waals surface area contributed by atoms with Crippen molar-refractivity contribution in [3.63, 3.8) is 0 Å². The van der Waals surface area contributed by atoms with E-state index in [9.17, 15) is 4.79 Å². The Bertz CT molecular complexity index is 289. The summed E-state index contributed by atoms with van der Waals surface area (Å²) in [4.78, 5) is 10.7. The summed E-state index contributed by atoms with van der Waals surface area (Å²) in [6, 6.07) is 0. The molecule has 0 heterocycles. The van der Waals surface area contributed by atoms with Crippen molar-refractivity contribution >= 4 is 5.97 Å². The molecule has 0 radical (unpaired) electrons. The first kappa shape index (κ1) is 10.6. The topological polar surface area (TPSA) is 35.5 Å². The van der Waals surface area contributed by atoms with Gasteiger partial charge in [-0.15, -0.1) is 0 Å². The first-order chi connectivity index (χ1) is 7.75. The number of fused-ring (bicyclic) bond motifs is 5. The van der Waals surface area contributed by atoms with E-state index >= 15 is 0 Å². The summed E-state index contributed by atoms with van der Waals surface area (Å²) in [5, 5.41) is 0. The Labute approximate surface area is 96.5 Å². The average molecular weight is 224 g/mol. The molecule has 0 N–H and O–H groups in total. The number of hydrogen-bond acceptors (Lipinski definition) is 3. The van der Waals surface area contributed by atoms with Gasteiger partial charge >= 0.3 is 5.97 Å². The summed E-state index contributed by atoms with van der Waals surface area (Å²) in [6.45, 7) is 1.58. The summed E-state index contributed by atoms with van der Waals surface area (Å²) in [6.07, 6.45) is 7.19. The van der Waals surface area contributed by atoms with Crippen LogP contribution in [0.15, 0.2) is 0 Å². The number of carbonyl (C=O) groups is 1. The molecule has 3 aliphatic rings. The Morgan fingerprint density at radius 3 is 2.81 bits per heavy atom. The zero-order chi connectivity index (χ0) is 11.1. The fraction of sp³-hybridized carbons (Fsp3) is 0.923. The van der Waals surface area contributed by atoms with E-state index in [1.165, 1.54) is 39.0 Å². The van der Waals surface area contributed by atoms with Gasteiger partial charge in [0.1, 0.15) is 0 Å². The molecular formula is C13H20O3. The molecule has 0 aromatic rings. The first-order valence-corrected chi connectivity index (χ1v) is 6.50. The molecule has 0 spiro atoms. The van der Waals surface area contributed by atoms with Crippen LogP contribution in [0.2, 0.25) is 0 Å². The molecular weight excluding hydrogens is 204 g/mol. The van der Waals surface area contributed by atoms with Gasteiger partial charge < -0.3 is 9.47 Å². The summed E-state index contributed by atoms with van der Waals surface area (Å²) in [5.74, 6) is 3.33. The van der Waals surface area contributed by atoms with Gasteiger partial charge in [0.15, 0.2) is 6.79 Å². The lowest BCUT2D eigenvalue weighted by Gasteiger charge is -2.31. The molecule has 0 amide bonds. The number of esters is 1. The number of hydrogen-bond donors (Lipinski definition) is 0. The van der Waals surface area contributed by atoms with Crippen molar-refractivity contribution in [2.45, 2.75) is 45.1 Å². The van der Waals surface area contributed by atoms with Crippen molar-refractivity contribution in [2.24, 2.45) is 23.7 Å². The molecule has 3 aliphatic carbocycles. The fourth-order valence-electron chi connectivity index (χ4n) is 4.40. The Morgan fingerprint density at radius 1 is 1.19 bits per heavy atom. The second kappa shape index (κ2) is 4.02. The minimum Gasteiger partial charge on any atom is -0.439 e. The maximum atomic E-state index is 10.7. The highest BCUT2D eigenvalue weighted by Crippen LogP contribution is 2.59. The molecule has 2 bridgehead atoms. The van der Waals surface area contributed by atoms with Crippen LogP contribution >= 0.6 is 0 Å². The third-order valence-electron chi connectivity index (χ3n) is 4.91. The van der Waals surface area contributed by atoms with Crippen molar-refractivity contribution in [1.82, 2.24) is 0 Å². The number of ether oxygens (including phenoxy) is 2. The lowest BCUT2D eigenvalue weighted by molar-refractivity contribution is -0.162. The maximum Gasteiger partial charge on any atom is 0.304 e. The lowest BCUT2D eigenvalue weighted by atomic mass is 9.80. The highest BCUT2D eigenvalue weighted by atomic mass is 16.7. The standard InChI is InChI=1S/C13H20O3/c1-8(14)15-7-16-13-6-9-5-12(13)11-4-2-3-10(9)11/h9-13H,2-7H2,1H3. The Hall–Kier alpha value is -0.570. The van der Waals surface area contributed by atoms with E-state index in [0.29, 0.717) is 6.10 Å². The van der Waals surface area contributed by atoms with Crippen molar-refractivity contribution in [1.29, 1.82) is 0 Å². The molecule has 3 saturated carbocycles. The van der Waals surface area contributed by atoms with Gasteiger partial charge in [-0.2, -0.15) is 0 Å². The first-order valence-electron chi connectivity index (χ1n) is 6.50. The van der Waals surface area contributed by atoms with Gasteiger partial charge in [0, 0.05) is 6.92 Å². The predicted octanol–water partition coefficient (Wildman–Crippen LogP) is 2.35. The number of rotatable bonds is 3. The van der Waals surface area contributed by atoms with Crippen LogP contribution in [0.1, 0.15) is 39.0 Å². The van der Waals surface area contributed by atoms with Crippen LogP contribution in [0, 0.1) is 23.7 Å². The van der Waals surface area contributed by atoms with Crippen molar-refractivity contribution in [3.8, 4) is 0 Å². The van der Waals surface area contributed by atoms with E-state index in [1.807, 2.05) is 0 Å². The van der Waals surface area contributed by atoms with E-state index in [1.54, 1.807) is 0 Å². The minimum atomic E-state index is -0.248. The molecule has 3 rings (SSSR count). The SMILES string of the molecule is CC(=O)OCOC1CC2CC1C1CCCC21. The van der Waals surface area contributed by atoms with Gasteiger partial charge in [0.25, 0.3) is 0 Å². The third kappa shape index (κ3) is 1.65. The molecule has 5 unspecified atom stereocenters. The zero-order valence-corrected chi connectivity index (χ0v) is 9.85. The lowest BCUT2D eigenvalue weighted by Crippen LogP contribution is -2.31. The molecule has 3 nitrogen and oxygen atoms in total. The van der Waals surface area contributed by atoms with E-state index in [0.717, 1.165) is 23.7 Å². The highest BCUT2D eigenvalue weighted by Gasteiger charge is 2.54. The van der Waals surface area contributed by atoms with Crippen LogP contribution in [-0.4, -0.2) is 18.9 Å². The fourth-order valence-corrected chi connectivity index (χ4v) is 4.40. The molecule has 3 fully saturated rings. The monoisotopic (exact) mass is 224 g/mol. The van der Waals surface area contributed by atoms with Gasteiger partial charge in [-0.25, -0.2) is 0 Å². The molecule has 3 heteroatoms. The Kier molecular flexibility index (Phi) is 2.66. The van der Waals surface area contributed by atoms with Crippen molar-refractivity contribution in [3.05, 3.63) is 0 Å². The van der Waals surface area contributed by atoms with E-state index < -0.39 is 0 Å². The molecule has 0 saturated heterocycles. The summed E-state index contributed by atoms with van der Waals surface area (Å²) >= 11 is 0. The molecule has 5 atom stereocenters. The van der Waals surface area contributed by atoms with Crippen LogP contribution in [0.4, 0.5) is 0 Å². The number of carbonyl (C=O) groups excluding carboxylic acids is 1. The molecule has 0 aromatic heterocycles. The van der Waals surface area contributed by atoms with Crippen LogP contribution in [0.3, 0.4) is 0 Å². The zero-order valence-electron chi connectivity index (χ0n) is 9.85. The van der Waals surface area contributed by atoms with E-state index in [-0.39, 0.29) is 12.8 Å². The second-order valence-electron chi connectivity index (χ2n) is 5.61. The predicted molar refractivity (Wildman–Crippen MR) is 58.6 cm³/mol. The molecule has 0 aromatic carbocycles. The highest BCUT2D eigenvalue weighted by molar-refractivity contribution is 5.65. The molecule has 0 aliphatic heterocycles.